The number of methoxy groups -OCH3 is 2. The van der Waals surface area contributed by atoms with Gasteiger partial charge in [-0.1, -0.05) is 35.4 Å². The molecule has 0 fully saturated rings. The second kappa shape index (κ2) is 7.45. The lowest BCUT2D eigenvalue weighted by atomic mass is 10.0. The van der Waals surface area contributed by atoms with Crippen molar-refractivity contribution in [3.63, 3.8) is 0 Å². The first kappa shape index (κ1) is 18.4. The Hall–Kier alpha value is -3.41. The zero-order chi connectivity index (χ0) is 19.6. The van der Waals surface area contributed by atoms with Crippen molar-refractivity contribution in [2.45, 2.75) is 13.8 Å². The Balaban J connectivity index is 2.38. The smallest absolute Gasteiger partial charge is 0.357 e. The van der Waals surface area contributed by atoms with Gasteiger partial charge in [0.25, 0.3) is 0 Å². The van der Waals surface area contributed by atoms with E-state index in [-0.39, 0.29) is 11.3 Å². The Labute approximate surface area is 157 Å². The van der Waals surface area contributed by atoms with Crippen molar-refractivity contribution in [3.05, 3.63) is 70.9 Å². The Bertz CT molecular complexity index is 986. The van der Waals surface area contributed by atoms with E-state index in [1.165, 1.54) is 18.9 Å². The normalized spacial score (nSPS) is 10.5. The largest absolute Gasteiger partial charge is 0.465 e. The van der Waals surface area contributed by atoms with E-state index in [1.807, 2.05) is 50.2 Å². The molecule has 0 bridgehead atoms. The molecule has 6 heteroatoms. The summed E-state index contributed by atoms with van der Waals surface area (Å²) >= 11 is 0. The Morgan fingerprint density at radius 2 is 1.48 bits per heavy atom. The lowest BCUT2D eigenvalue weighted by molar-refractivity contribution is 0.0549. The van der Waals surface area contributed by atoms with Crippen LogP contribution in [-0.2, 0) is 9.47 Å². The van der Waals surface area contributed by atoms with Crippen LogP contribution in [0.4, 0.5) is 0 Å². The molecule has 0 unspecified atom stereocenters. The minimum Gasteiger partial charge on any atom is -0.465 e. The van der Waals surface area contributed by atoms with Gasteiger partial charge in [-0.2, -0.15) is 5.10 Å². The van der Waals surface area contributed by atoms with Crippen molar-refractivity contribution < 1.29 is 19.1 Å². The monoisotopic (exact) mass is 364 g/mol. The van der Waals surface area contributed by atoms with E-state index in [2.05, 4.69) is 5.10 Å². The number of ether oxygens (including phenoxy) is 2. The Morgan fingerprint density at radius 1 is 0.889 bits per heavy atom. The fourth-order valence-electron chi connectivity index (χ4n) is 3.07. The molecule has 3 aromatic rings. The van der Waals surface area contributed by atoms with Crippen molar-refractivity contribution in [3.8, 4) is 16.9 Å². The van der Waals surface area contributed by atoms with Crippen molar-refractivity contribution in [1.29, 1.82) is 0 Å². The average Bonchev–Trinajstić information content (AvgIpc) is 3.07. The van der Waals surface area contributed by atoms with Crippen LogP contribution in [0.25, 0.3) is 16.9 Å². The van der Waals surface area contributed by atoms with Gasteiger partial charge >= 0.3 is 11.9 Å². The standard InChI is InChI=1S/C21H20N2O4/c1-13-10-14(2)12-15(11-13)18-17(20(24)26-3)19(21(25)27-4)23(22-18)16-8-6-5-7-9-16/h5-12H,1-4H3. The van der Waals surface area contributed by atoms with Gasteiger partial charge in [0.1, 0.15) is 11.3 Å². The molecule has 0 saturated heterocycles. The van der Waals surface area contributed by atoms with Gasteiger partial charge in [0, 0.05) is 5.56 Å². The van der Waals surface area contributed by atoms with Crippen LogP contribution in [0.15, 0.2) is 48.5 Å². The van der Waals surface area contributed by atoms with Crippen LogP contribution in [0.1, 0.15) is 32.0 Å². The zero-order valence-electron chi connectivity index (χ0n) is 15.6. The maximum Gasteiger partial charge on any atom is 0.357 e. The van der Waals surface area contributed by atoms with Gasteiger partial charge in [0.05, 0.1) is 19.9 Å². The molecule has 0 radical (unpaired) electrons. The van der Waals surface area contributed by atoms with Crippen LogP contribution in [-0.4, -0.2) is 35.9 Å². The fraction of sp³-hybridized carbons (Fsp3) is 0.190. The molecule has 1 heterocycles. The fourth-order valence-corrected chi connectivity index (χ4v) is 3.07. The molecule has 0 aliphatic heterocycles. The van der Waals surface area contributed by atoms with Gasteiger partial charge < -0.3 is 9.47 Å². The number of aryl methyl sites for hydroxylation is 2. The number of benzene rings is 2. The number of nitrogens with zero attached hydrogens (tertiary/aromatic N) is 2. The number of carbonyl (C=O) groups excluding carboxylic acids is 2. The number of rotatable bonds is 4. The lowest BCUT2D eigenvalue weighted by Crippen LogP contribution is -2.15. The van der Waals surface area contributed by atoms with Gasteiger partial charge in [0.2, 0.25) is 0 Å². The Kier molecular flexibility index (Phi) is 5.07. The topological polar surface area (TPSA) is 70.4 Å². The van der Waals surface area contributed by atoms with Crippen LogP contribution < -0.4 is 0 Å². The van der Waals surface area contributed by atoms with Crippen LogP contribution in [0.2, 0.25) is 0 Å². The third kappa shape index (κ3) is 3.46. The summed E-state index contributed by atoms with van der Waals surface area (Å²) in [7, 11) is 2.54. The number of esters is 2. The third-order valence-electron chi connectivity index (χ3n) is 4.15. The molecule has 0 spiro atoms. The molecule has 0 aliphatic rings. The van der Waals surface area contributed by atoms with Crippen LogP contribution in [0.3, 0.4) is 0 Å². The van der Waals surface area contributed by atoms with E-state index in [9.17, 15) is 9.59 Å². The van der Waals surface area contributed by atoms with E-state index in [0.29, 0.717) is 11.4 Å². The van der Waals surface area contributed by atoms with Gasteiger partial charge in [-0.15, -0.1) is 0 Å². The summed E-state index contributed by atoms with van der Waals surface area (Å²) in [6.07, 6.45) is 0. The van der Waals surface area contributed by atoms with E-state index >= 15 is 0 Å². The van der Waals surface area contributed by atoms with E-state index < -0.39 is 11.9 Å². The molecule has 0 aliphatic carbocycles. The summed E-state index contributed by atoms with van der Waals surface area (Å²) in [6, 6.07) is 15.0. The van der Waals surface area contributed by atoms with Crippen LogP contribution in [0, 0.1) is 13.8 Å². The minimum atomic E-state index is -0.664. The molecule has 6 nitrogen and oxygen atoms in total. The number of carbonyl (C=O) groups is 2. The molecule has 0 amide bonds. The summed E-state index contributed by atoms with van der Waals surface area (Å²) in [5, 5.41) is 4.59. The van der Waals surface area contributed by atoms with E-state index in [1.54, 1.807) is 12.1 Å². The molecule has 0 N–H and O–H groups in total. The summed E-state index contributed by atoms with van der Waals surface area (Å²) < 4.78 is 11.3. The van der Waals surface area contributed by atoms with Gasteiger partial charge in [-0.3, -0.25) is 0 Å². The molecule has 3 rings (SSSR count). The first-order valence-electron chi connectivity index (χ1n) is 8.40. The Morgan fingerprint density at radius 3 is 2.04 bits per heavy atom. The van der Waals surface area contributed by atoms with Gasteiger partial charge in [-0.05, 0) is 38.1 Å². The van der Waals surface area contributed by atoms with Gasteiger partial charge in [0.15, 0.2) is 5.69 Å². The highest BCUT2D eigenvalue weighted by Gasteiger charge is 2.31. The quantitative estimate of drug-likeness (QED) is 0.660. The van der Waals surface area contributed by atoms with Crippen molar-refractivity contribution >= 4 is 11.9 Å². The van der Waals surface area contributed by atoms with Crippen molar-refractivity contribution in [2.75, 3.05) is 14.2 Å². The summed E-state index contributed by atoms with van der Waals surface area (Å²) in [5.41, 5.74) is 3.90. The van der Waals surface area contributed by atoms with Crippen molar-refractivity contribution in [2.24, 2.45) is 0 Å². The maximum atomic E-state index is 12.6. The second-order valence-corrected chi connectivity index (χ2v) is 6.18. The predicted molar refractivity (Wildman–Crippen MR) is 101 cm³/mol. The highest BCUT2D eigenvalue weighted by Crippen LogP contribution is 2.30. The second-order valence-electron chi connectivity index (χ2n) is 6.18. The van der Waals surface area contributed by atoms with Crippen molar-refractivity contribution in [1.82, 2.24) is 9.78 Å². The molecule has 0 atom stereocenters. The summed E-state index contributed by atoms with van der Waals surface area (Å²) in [5.74, 6) is -1.31. The van der Waals surface area contributed by atoms with E-state index in [0.717, 1.165) is 16.7 Å². The molecule has 2 aromatic carbocycles. The third-order valence-corrected chi connectivity index (χ3v) is 4.15. The first-order valence-corrected chi connectivity index (χ1v) is 8.40. The molecular weight excluding hydrogens is 344 g/mol. The molecular formula is C21H20N2O4. The highest BCUT2D eigenvalue weighted by molar-refractivity contribution is 6.06. The number of hydrogen-bond acceptors (Lipinski definition) is 5. The molecule has 0 saturated carbocycles. The SMILES string of the molecule is COC(=O)c1c(-c2cc(C)cc(C)c2)nn(-c2ccccc2)c1C(=O)OC. The maximum absolute atomic E-state index is 12.6. The van der Waals surface area contributed by atoms with Crippen LogP contribution >= 0.6 is 0 Å². The highest BCUT2D eigenvalue weighted by atomic mass is 16.5. The zero-order valence-corrected chi connectivity index (χ0v) is 15.6. The first-order chi connectivity index (χ1) is 13.0. The average molecular weight is 364 g/mol. The predicted octanol–water partition coefficient (Wildman–Crippen LogP) is 3.73. The van der Waals surface area contributed by atoms with Gasteiger partial charge in [-0.25, -0.2) is 14.3 Å². The minimum absolute atomic E-state index is 0.0321. The number of aromatic nitrogens is 2. The molecule has 1 aromatic heterocycles. The summed E-state index contributed by atoms with van der Waals surface area (Å²) in [6.45, 7) is 3.92. The molecule has 138 valence electrons. The van der Waals surface area contributed by atoms with E-state index in [4.69, 9.17) is 9.47 Å². The number of hydrogen-bond donors (Lipinski definition) is 0. The molecule has 27 heavy (non-hydrogen) atoms. The number of para-hydroxylation sites is 1. The summed E-state index contributed by atoms with van der Waals surface area (Å²) in [4.78, 5) is 25.1. The lowest BCUT2D eigenvalue weighted by Gasteiger charge is -2.07. The van der Waals surface area contributed by atoms with Crippen LogP contribution in [0.5, 0.6) is 0 Å².